The molecule has 0 radical (unpaired) electrons. The lowest BCUT2D eigenvalue weighted by Crippen LogP contribution is -1.93. The van der Waals surface area contributed by atoms with E-state index in [1.165, 1.54) is 0 Å². The quantitative estimate of drug-likeness (QED) is 0.127. The highest BCUT2D eigenvalue weighted by atomic mass is 16.5. The second-order valence-electron chi connectivity index (χ2n) is 10.0. The van der Waals surface area contributed by atoms with Gasteiger partial charge in [0.05, 0.1) is 25.3 Å². The number of aryl methyl sites for hydroxylation is 2. The van der Waals surface area contributed by atoms with Gasteiger partial charge in [0.25, 0.3) is 11.8 Å². The lowest BCUT2D eigenvalue weighted by molar-refractivity contribution is -0.119. The highest BCUT2D eigenvalue weighted by Crippen LogP contribution is 2.40. The topological polar surface area (TPSA) is 152 Å². The summed E-state index contributed by atoms with van der Waals surface area (Å²) in [5.74, 6) is 0.408. The number of amides is 2. The van der Waals surface area contributed by atoms with Gasteiger partial charge in [0.1, 0.15) is 11.5 Å². The third kappa shape index (κ3) is 6.76. The number of unbranched alkanes of at least 4 members (excludes halogenated alkanes) is 5. The summed E-state index contributed by atoms with van der Waals surface area (Å²) in [5, 5.41) is 37.8. The van der Waals surface area contributed by atoms with Crippen molar-refractivity contribution >= 4 is 45.0 Å². The van der Waals surface area contributed by atoms with Gasteiger partial charge >= 0.3 is 0 Å². The molecule has 0 fully saturated rings. The maximum absolute atomic E-state index is 12.2. The van der Waals surface area contributed by atoms with E-state index in [2.05, 4.69) is 20.5 Å². The summed E-state index contributed by atoms with van der Waals surface area (Å²) in [6.07, 6.45) is 5.46. The number of ether oxygens (including phenoxy) is 2. The number of hydrogen-bond acceptors (Lipinski definition) is 8. The number of aromatic hydroxyl groups is 2. The summed E-state index contributed by atoms with van der Waals surface area (Å²) in [6, 6.07) is 10.7. The minimum absolute atomic E-state index is 0.0675. The van der Waals surface area contributed by atoms with Crippen LogP contribution in [-0.2, 0) is 23.7 Å². The third-order valence-electron chi connectivity index (χ3n) is 7.25. The Hall–Kier alpha value is -4.74. The molecule has 0 aliphatic rings. The SMILES string of the molecule is COc1ccc2c(c1)c(N=NC(=O)CCCCCCCCC(=O)N=Nc1c(O)n(C)c3ccc(OC)cc13)c(O)n2C. The molecule has 222 valence electrons. The molecule has 4 rings (SSSR count). The molecule has 12 nitrogen and oxygen atoms in total. The number of benzene rings is 2. The van der Waals surface area contributed by atoms with Crippen molar-refractivity contribution < 1.29 is 29.3 Å². The van der Waals surface area contributed by atoms with Gasteiger partial charge in [-0.25, -0.2) is 0 Å². The van der Waals surface area contributed by atoms with E-state index in [1.54, 1.807) is 61.7 Å². The van der Waals surface area contributed by atoms with Gasteiger partial charge in [0.15, 0.2) is 11.4 Å². The Morgan fingerprint density at radius 3 is 1.43 bits per heavy atom. The largest absolute Gasteiger partial charge is 0.497 e. The number of carbonyl (C=O) groups excluding carboxylic acids is 2. The molecule has 0 atom stereocenters. The highest BCUT2D eigenvalue weighted by molar-refractivity contribution is 5.97. The molecule has 4 aromatic rings. The van der Waals surface area contributed by atoms with Crippen molar-refractivity contribution in [1.29, 1.82) is 0 Å². The molecule has 0 aliphatic heterocycles. The monoisotopic (exact) mass is 576 g/mol. The number of fused-ring (bicyclic) bond motifs is 2. The van der Waals surface area contributed by atoms with E-state index in [1.807, 2.05) is 12.1 Å². The van der Waals surface area contributed by atoms with Crippen LogP contribution in [0.4, 0.5) is 11.4 Å². The minimum Gasteiger partial charge on any atom is -0.497 e. The van der Waals surface area contributed by atoms with Crippen molar-refractivity contribution in [3.63, 3.8) is 0 Å². The zero-order valence-electron chi connectivity index (χ0n) is 24.3. The molecule has 0 spiro atoms. The molecule has 0 bridgehead atoms. The molecule has 2 aromatic heterocycles. The van der Waals surface area contributed by atoms with Crippen LogP contribution in [0.15, 0.2) is 56.9 Å². The fraction of sp³-hybridized carbons (Fsp3) is 0.400. The molecular weight excluding hydrogens is 540 g/mol. The van der Waals surface area contributed by atoms with Crippen molar-refractivity contribution in [1.82, 2.24) is 9.13 Å². The molecule has 0 unspecified atom stereocenters. The maximum Gasteiger partial charge on any atom is 0.264 e. The maximum atomic E-state index is 12.2. The molecular formula is C30H36N6O6. The number of aromatic nitrogens is 2. The molecule has 42 heavy (non-hydrogen) atoms. The predicted molar refractivity (Wildman–Crippen MR) is 158 cm³/mol. The lowest BCUT2D eigenvalue weighted by Gasteiger charge is -2.00. The van der Waals surface area contributed by atoms with Gasteiger partial charge in [0, 0.05) is 37.7 Å². The van der Waals surface area contributed by atoms with E-state index in [9.17, 15) is 19.8 Å². The number of carbonyl (C=O) groups is 2. The van der Waals surface area contributed by atoms with Crippen LogP contribution in [0.5, 0.6) is 23.3 Å². The normalized spacial score (nSPS) is 11.8. The molecule has 12 heteroatoms. The van der Waals surface area contributed by atoms with Crippen LogP contribution in [0.2, 0.25) is 0 Å². The van der Waals surface area contributed by atoms with E-state index in [0.29, 0.717) is 35.1 Å². The van der Waals surface area contributed by atoms with Gasteiger partial charge in [-0.1, -0.05) is 25.7 Å². The van der Waals surface area contributed by atoms with Gasteiger partial charge < -0.3 is 28.8 Å². The molecule has 2 aromatic carbocycles. The fourth-order valence-electron chi connectivity index (χ4n) is 4.80. The van der Waals surface area contributed by atoms with Crippen molar-refractivity contribution in [3.05, 3.63) is 36.4 Å². The average Bonchev–Trinajstić information content (AvgIpc) is 3.38. The van der Waals surface area contributed by atoms with Gasteiger partial charge in [-0.05, 0) is 49.2 Å². The Morgan fingerprint density at radius 2 is 1.05 bits per heavy atom. The number of hydrogen-bond donors (Lipinski definition) is 2. The third-order valence-corrected chi connectivity index (χ3v) is 7.25. The summed E-state index contributed by atoms with van der Waals surface area (Å²) < 4.78 is 13.7. The van der Waals surface area contributed by atoms with E-state index in [-0.39, 0.29) is 47.8 Å². The number of nitrogens with zero attached hydrogens (tertiary/aromatic N) is 6. The van der Waals surface area contributed by atoms with E-state index < -0.39 is 0 Å². The fourth-order valence-corrected chi connectivity index (χ4v) is 4.80. The second kappa shape index (κ2) is 13.7. The minimum atomic E-state index is -0.346. The Kier molecular flexibility index (Phi) is 9.89. The van der Waals surface area contributed by atoms with E-state index >= 15 is 0 Å². The molecule has 0 saturated carbocycles. The number of rotatable bonds is 13. The summed E-state index contributed by atoms with van der Waals surface area (Å²) >= 11 is 0. The average molecular weight is 577 g/mol. The van der Waals surface area contributed by atoms with Crippen molar-refractivity contribution in [2.75, 3.05) is 14.2 Å². The first kappa shape index (κ1) is 30.2. The molecule has 2 amide bonds. The molecule has 2 heterocycles. The zero-order chi connectivity index (χ0) is 30.2. The van der Waals surface area contributed by atoms with E-state index in [4.69, 9.17) is 9.47 Å². The van der Waals surface area contributed by atoms with Crippen LogP contribution in [0.1, 0.15) is 51.4 Å². The van der Waals surface area contributed by atoms with Gasteiger partial charge in [0.2, 0.25) is 11.8 Å². The van der Waals surface area contributed by atoms with Crippen LogP contribution in [-0.4, -0.2) is 45.4 Å². The molecule has 0 saturated heterocycles. The highest BCUT2D eigenvalue weighted by Gasteiger charge is 2.17. The van der Waals surface area contributed by atoms with Crippen LogP contribution < -0.4 is 9.47 Å². The standard InChI is InChI=1S/C30H36N6O6/c1-35-23-15-13-19(41-3)17-21(23)27(29(35)39)33-31-25(37)11-9-7-5-6-8-10-12-26(38)32-34-28-22-18-20(42-4)14-16-24(22)36(2)30(28)40/h13-18,39-40H,5-12H2,1-4H3. The van der Waals surface area contributed by atoms with Crippen molar-refractivity contribution in [3.8, 4) is 23.3 Å². The van der Waals surface area contributed by atoms with Gasteiger partial charge in [-0.2, -0.15) is 0 Å². The van der Waals surface area contributed by atoms with Crippen LogP contribution in [0, 0.1) is 0 Å². The first-order valence-corrected chi connectivity index (χ1v) is 13.8. The first-order chi connectivity index (χ1) is 20.2. The zero-order valence-corrected chi connectivity index (χ0v) is 24.3. The Labute approximate surface area is 243 Å². The second-order valence-corrected chi connectivity index (χ2v) is 10.0. The Morgan fingerprint density at radius 1 is 0.667 bits per heavy atom. The number of azo groups is 2. The Bertz CT molecular complexity index is 1530. The summed E-state index contributed by atoms with van der Waals surface area (Å²) in [4.78, 5) is 24.5. The summed E-state index contributed by atoms with van der Waals surface area (Å²) in [7, 11) is 6.53. The van der Waals surface area contributed by atoms with Crippen LogP contribution >= 0.6 is 0 Å². The van der Waals surface area contributed by atoms with Crippen molar-refractivity contribution in [2.24, 2.45) is 34.6 Å². The summed E-state index contributed by atoms with van der Waals surface area (Å²) in [6.45, 7) is 0. The van der Waals surface area contributed by atoms with Crippen molar-refractivity contribution in [2.45, 2.75) is 51.4 Å². The molecule has 0 aliphatic carbocycles. The van der Waals surface area contributed by atoms with Crippen LogP contribution in [0.25, 0.3) is 21.8 Å². The lowest BCUT2D eigenvalue weighted by atomic mass is 10.1. The predicted octanol–water partition coefficient (Wildman–Crippen LogP) is 7.14. The van der Waals surface area contributed by atoms with Gasteiger partial charge in [-0.3, -0.25) is 9.59 Å². The smallest absolute Gasteiger partial charge is 0.264 e. The Balaban J connectivity index is 1.15. The van der Waals surface area contributed by atoms with Crippen LogP contribution in [0.3, 0.4) is 0 Å². The summed E-state index contributed by atoms with van der Waals surface area (Å²) in [5.41, 5.74) is 1.99. The van der Waals surface area contributed by atoms with Gasteiger partial charge in [-0.15, -0.1) is 20.5 Å². The first-order valence-electron chi connectivity index (χ1n) is 13.8. The van der Waals surface area contributed by atoms with E-state index in [0.717, 1.165) is 36.7 Å². The number of methoxy groups -OCH3 is 2. The molecule has 2 N–H and O–H groups in total.